The topological polar surface area (TPSA) is 88.5 Å². The summed E-state index contributed by atoms with van der Waals surface area (Å²) in [5, 5.41) is 10.9. The Balaban J connectivity index is 1.85. The number of alkyl halides is 3. The number of hydrogen-bond acceptors (Lipinski definition) is 5. The summed E-state index contributed by atoms with van der Waals surface area (Å²) in [5.41, 5.74) is 1.15. The van der Waals surface area contributed by atoms with Crippen molar-refractivity contribution >= 4 is 23.2 Å². The molecule has 2 aromatic rings. The van der Waals surface area contributed by atoms with E-state index in [-0.39, 0.29) is 6.54 Å². The number of aliphatic carboxylic acids is 1. The van der Waals surface area contributed by atoms with Crippen LogP contribution in [0.2, 0.25) is 0 Å². The summed E-state index contributed by atoms with van der Waals surface area (Å²) in [4.78, 5) is 24.7. The predicted octanol–water partition coefficient (Wildman–Crippen LogP) is 2.60. The van der Waals surface area contributed by atoms with Gasteiger partial charge in [0.1, 0.15) is 10.6 Å². The smallest absolute Gasteiger partial charge is 0.427 e. The summed E-state index contributed by atoms with van der Waals surface area (Å²) in [6.07, 6.45) is -4.23. The zero-order valence-corrected chi connectivity index (χ0v) is 13.5. The quantitative estimate of drug-likeness (QED) is 0.778. The Kier molecular flexibility index (Phi) is 5.97. The summed E-state index contributed by atoms with van der Waals surface area (Å²) < 4.78 is 43.1. The van der Waals surface area contributed by atoms with E-state index in [2.05, 4.69) is 10.3 Å². The van der Waals surface area contributed by atoms with Crippen molar-refractivity contribution in [1.82, 2.24) is 10.3 Å². The van der Waals surface area contributed by atoms with Crippen molar-refractivity contribution < 1.29 is 32.6 Å². The van der Waals surface area contributed by atoms with Crippen molar-refractivity contribution in [3.63, 3.8) is 0 Å². The highest BCUT2D eigenvalue weighted by Gasteiger charge is 2.37. The van der Waals surface area contributed by atoms with E-state index in [0.717, 1.165) is 11.1 Å². The third-order valence-electron chi connectivity index (χ3n) is 3.02. The number of thiazole rings is 1. The van der Waals surface area contributed by atoms with E-state index in [1.165, 1.54) is 0 Å². The number of amides is 1. The standard InChI is InChI=1S/C15H13F3N2O4S/c16-15(17,18)13-12(20-8-25-13)14(23)19-6-5-9-1-3-10(4-2-9)24-7-11(21)22/h1-4,8H,5-7H2,(H,19,23)(H,21,22). The number of carboxylic acids is 1. The number of carbonyl (C=O) groups is 2. The molecule has 1 aromatic heterocycles. The maximum Gasteiger partial charge on any atom is 0.427 e. The van der Waals surface area contributed by atoms with E-state index < -0.39 is 35.2 Å². The molecule has 1 heterocycles. The molecule has 25 heavy (non-hydrogen) atoms. The molecule has 0 spiro atoms. The number of halogens is 3. The minimum Gasteiger partial charge on any atom is -0.482 e. The molecule has 2 N–H and O–H groups in total. The van der Waals surface area contributed by atoms with Crippen LogP contribution in [-0.4, -0.2) is 35.1 Å². The van der Waals surface area contributed by atoms with Gasteiger partial charge in [-0.2, -0.15) is 13.2 Å². The fraction of sp³-hybridized carbons (Fsp3) is 0.267. The highest BCUT2D eigenvalue weighted by atomic mass is 32.1. The molecule has 0 radical (unpaired) electrons. The van der Waals surface area contributed by atoms with Gasteiger partial charge >= 0.3 is 12.1 Å². The van der Waals surface area contributed by atoms with Gasteiger partial charge in [-0.15, -0.1) is 11.3 Å². The highest BCUT2D eigenvalue weighted by Crippen LogP contribution is 2.34. The average molecular weight is 374 g/mol. The Morgan fingerprint density at radius 2 is 1.92 bits per heavy atom. The van der Waals surface area contributed by atoms with Crippen molar-refractivity contribution in [2.24, 2.45) is 0 Å². The second kappa shape index (κ2) is 7.97. The van der Waals surface area contributed by atoms with Crippen LogP contribution in [0.4, 0.5) is 13.2 Å². The van der Waals surface area contributed by atoms with Crippen molar-refractivity contribution in [3.8, 4) is 5.75 Å². The first-order chi connectivity index (χ1) is 11.8. The van der Waals surface area contributed by atoms with Gasteiger partial charge in [-0.1, -0.05) is 12.1 Å². The number of hydrogen-bond donors (Lipinski definition) is 2. The van der Waals surface area contributed by atoms with Crippen LogP contribution in [0.1, 0.15) is 20.9 Å². The second-order valence-corrected chi connectivity index (χ2v) is 5.71. The molecule has 0 atom stereocenters. The first kappa shape index (κ1) is 18.7. The minimum atomic E-state index is -4.61. The molecule has 0 saturated carbocycles. The van der Waals surface area contributed by atoms with E-state index in [0.29, 0.717) is 23.5 Å². The Labute approximate surface area is 144 Å². The first-order valence-electron chi connectivity index (χ1n) is 7.00. The second-order valence-electron chi connectivity index (χ2n) is 4.86. The molecule has 0 unspecified atom stereocenters. The van der Waals surface area contributed by atoms with Crippen LogP contribution in [0.5, 0.6) is 5.75 Å². The van der Waals surface area contributed by atoms with E-state index in [4.69, 9.17) is 9.84 Å². The SMILES string of the molecule is O=C(O)COc1ccc(CCNC(=O)c2ncsc2C(F)(F)F)cc1. The van der Waals surface area contributed by atoms with Gasteiger partial charge in [-0.05, 0) is 24.1 Å². The minimum absolute atomic E-state index is 0.128. The van der Waals surface area contributed by atoms with Gasteiger partial charge < -0.3 is 15.2 Å². The monoisotopic (exact) mass is 374 g/mol. The summed E-state index contributed by atoms with van der Waals surface area (Å²) in [7, 11) is 0. The summed E-state index contributed by atoms with van der Waals surface area (Å²) >= 11 is 0.370. The van der Waals surface area contributed by atoms with Crippen LogP contribution in [0, 0.1) is 0 Å². The van der Waals surface area contributed by atoms with Gasteiger partial charge in [-0.25, -0.2) is 9.78 Å². The van der Waals surface area contributed by atoms with Crippen LogP contribution >= 0.6 is 11.3 Å². The number of benzene rings is 1. The Hall–Kier alpha value is -2.62. The van der Waals surface area contributed by atoms with E-state index in [1.807, 2.05) is 0 Å². The van der Waals surface area contributed by atoms with Crippen molar-refractivity contribution in [2.75, 3.05) is 13.2 Å². The summed E-state index contributed by atoms with van der Waals surface area (Å²) in [5.74, 6) is -1.59. The van der Waals surface area contributed by atoms with Crippen LogP contribution in [-0.2, 0) is 17.4 Å². The molecule has 6 nitrogen and oxygen atoms in total. The third kappa shape index (κ3) is 5.45. The lowest BCUT2D eigenvalue weighted by Crippen LogP contribution is -2.28. The molecule has 0 saturated heterocycles. The van der Waals surface area contributed by atoms with Gasteiger partial charge in [-0.3, -0.25) is 4.79 Å². The fourth-order valence-electron chi connectivity index (χ4n) is 1.91. The third-order valence-corrected chi connectivity index (χ3v) is 3.90. The molecule has 2 rings (SSSR count). The molecule has 0 fully saturated rings. The van der Waals surface area contributed by atoms with Crippen molar-refractivity contribution in [1.29, 1.82) is 0 Å². The largest absolute Gasteiger partial charge is 0.482 e. The molecule has 134 valence electrons. The van der Waals surface area contributed by atoms with Crippen molar-refractivity contribution in [3.05, 3.63) is 45.9 Å². The number of carboxylic acid groups (broad SMARTS) is 1. The lowest BCUT2D eigenvalue weighted by atomic mass is 10.1. The normalized spacial score (nSPS) is 11.2. The van der Waals surface area contributed by atoms with Gasteiger partial charge in [0.05, 0.1) is 5.51 Å². The molecule has 1 aromatic carbocycles. The molecular formula is C15H13F3N2O4S. The predicted molar refractivity (Wildman–Crippen MR) is 82.7 cm³/mol. The number of aromatic nitrogens is 1. The van der Waals surface area contributed by atoms with E-state index in [1.54, 1.807) is 24.3 Å². The molecule has 10 heteroatoms. The van der Waals surface area contributed by atoms with E-state index in [9.17, 15) is 22.8 Å². The van der Waals surface area contributed by atoms with Gasteiger partial charge in [0.2, 0.25) is 0 Å². The number of carbonyl (C=O) groups excluding carboxylic acids is 1. The first-order valence-corrected chi connectivity index (χ1v) is 7.87. The molecule has 0 aliphatic heterocycles. The zero-order valence-electron chi connectivity index (χ0n) is 12.7. The Bertz CT molecular complexity index is 744. The summed E-state index contributed by atoms with van der Waals surface area (Å²) in [6, 6.07) is 6.49. The van der Waals surface area contributed by atoms with Crippen LogP contribution in [0.3, 0.4) is 0 Å². The number of rotatable bonds is 7. The molecule has 1 amide bonds. The lowest BCUT2D eigenvalue weighted by molar-refractivity contribution is -0.139. The fourth-order valence-corrected chi connectivity index (χ4v) is 2.56. The van der Waals surface area contributed by atoms with Gasteiger partial charge in [0, 0.05) is 6.54 Å². The van der Waals surface area contributed by atoms with Gasteiger partial charge in [0.15, 0.2) is 12.3 Å². The maximum absolute atomic E-state index is 12.7. The van der Waals surface area contributed by atoms with Gasteiger partial charge in [0.25, 0.3) is 5.91 Å². The van der Waals surface area contributed by atoms with Crippen LogP contribution in [0.25, 0.3) is 0 Å². The number of nitrogens with zero attached hydrogens (tertiary/aromatic N) is 1. The van der Waals surface area contributed by atoms with Crippen LogP contribution in [0.15, 0.2) is 29.8 Å². The molecule has 0 aliphatic rings. The summed E-state index contributed by atoms with van der Waals surface area (Å²) in [6.45, 7) is -0.326. The number of ether oxygens (including phenoxy) is 1. The lowest BCUT2D eigenvalue weighted by Gasteiger charge is -2.08. The molecular weight excluding hydrogens is 361 g/mol. The van der Waals surface area contributed by atoms with Crippen molar-refractivity contribution in [2.45, 2.75) is 12.6 Å². The average Bonchev–Trinajstić information content (AvgIpc) is 3.04. The van der Waals surface area contributed by atoms with E-state index >= 15 is 0 Å². The maximum atomic E-state index is 12.7. The highest BCUT2D eigenvalue weighted by molar-refractivity contribution is 7.10. The Morgan fingerprint density at radius 1 is 1.24 bits per heavy atom. The number of nitrogens with one attached hydrogen (secondary N) is 1. The zero-order chi connectivity index (χ0) is 18.4. The van der Waals surface area contributed by atoms with Crippen LogP contribution < -0.4 is 10.1 Å². The molecule has 0 aliphatic carbocycles. The Morgan fingerprint density at radius 3 is 2.52 bits per heavy atom. The molecule has 0 bridgehead atoms.